The molecule has 1 aromatic rings. The number of rotatable bonds is 2. The number of anilines is 1. The Bertz CT molecular complexity index is 578. The van der Waals surface area contributed by atoms with Gasteiger partial charge < -0.3 is 4.90 Å². The van der Waals surface area contributed by atoms with Crippen LogP contribution >= 0.6 is 0 Å². The molecule has 2 rings (SSSR count). The SMILES string of the molecule is Cc1c(N(C)C)c(=O)n(C)c(=O)n1C1CCCCC1. The molecule has 1 fully saturated rings. The fourth-order valence-corrected chi connectivity index (χ4v) is 3.10. The van der Waals surface area contributed by atoms with Gasteiger partial charge in [0.25, 0.3) is 5.56 Å². The van der Waals surface area contributed by atoms with Crippen LogP contribution in [-0.2, 0) is 7.05 Å². The molecule has 1 heterocycles. The molecule has 19 heavy (non-hydrogen) atoms. The first-order valence-corrected chi connectivity index (χ1v) is 6.94. The molecule has 0 unspecified atom stereocenters. The Balaban J connectivity index is 2.66. The summed E-state index contributed by atoms with van der Waals surface area (Å²) in [6.45, 7) is 1.88. The predicted octanol–water partition coefficient (Wildman–Crippen LogP) is 1.43. The molecule has 0 aromatic carbocycles. The molecule has 1 aliphatic rings. The third-order valence-electron chi connectivity index (χ3n) is 4.09. The maximum absolute atomic E-state index is 12.4. The summed E-state index contributed by atoms with van der Waals surface area (Å²) in [5.74, 6) is 0. The predicted molar refractivity (Wildman–Crippen MR) is 77.1 cm³/mol. The molecule has 0 atom stereocenters. The summed E-state index contributed by atoms with van der Waals surface area (Å²) in [6.07, 6.45) is 5.64. The molecule has 5 heteroatoms. The van der Waals surface area contributed by atoms with E-state index in [0.29, 0.717) is 5.69 Å². The van der Waals surface area contributed by atoms with E-state index >= 15 is 0 Å². The fourth-order valence-electron chi connectivity index (χ4n) is 3.10. The van der Waals surface area contributed by atoms with E-state index in [1.54, 1.807) is 11.9 Å². The van der Waals surface area contributed by atoms with Crippen LogP contribution in [0.25, 0.3) is 0 Å². The highest BCUT2D eigenvalue weighted by molar-refractivity contribution is 5.47. The van der Waals surface area contributed by atoms with Crippen molar-refractivity contribution in [2.24, 2.45) is 7.05 Å². The molecule has 0 radical (unpaired) electrons. The normalized spacial score (nSPS) is 16.6. The van der Waals surface area contributed by atoms with E-state index in [1.807, 2.05) is 25.6 Å². The third kappa shape index (κ3) is 2.33. The van der Waals surface area contributed by atoms with Crippen molar-refractivity contribution in [3.63, 3.8) is 0 Å². The topological polar surface area (TPSA) is 47.2 Å². The van der Waals surface area contributed by atoms with Crippen LogP contribution in [0, 0.1) is 6.92 Å². The van der Waals surface area contributed by atoms with Crippen molar-refractivity contribution >= 4 is 5.69 Å². The first-order chi connectivity index (χ1) is 8.95. The Hall–Kier alpha value is -1.52. The van der Waals surface area contributed by atoms with E-state index in [2.05, 4.69) is 0 Å². The molecule has 1 saturated carbocycles. The first-order valence-electron chi connectivity index (χ1n) is 6.94. The van der Waals surface area contributed by atoms with Gasteiger partial charge in [0.05, 0.1) is 0 Å². The number of hydrogen-bond acceptors (Lipinski definition) is 3. The molecule has 0 amide bonds. The van der Waals surface area contributed by atoms with Crippen LogP contribution in [0.15, 0.2) is 9.59 Å². The fraction of sp³-hybridized carbons (Fsp3) is 0.714. The van der Waals surface area contributed by atoms with Gasteiger partial charge in [-0.25, -0.2) is 4.79 Å². The van der Waals surface area contributed by atoms with Gasteiger partial charge in [0.15, 0.2) is 0 Å². The lowest BCUT2D eigenvalue weighted by Crippen LogP contribution is -2.43. The van der Waals surface area contributed by atoms with E-state index in [9.17, 15) is 9.59 Å². The highest BCUT2D eigenvalue weighted by Gasteiger charge is 2.23. The van der Waals surface area contributed by atoms with Crippen molar-refractivity contribution < 1.29 is 0 Å². The van der Waals surface area contributed by atoms with Crippen molar-refractivity contribution in [1.82, 2.24) is 9.13 Å². The Morgan fingerprint density at radius 3 is 2.21 bits per heavy atom. The van der Waals surface area contributed by atoms with Crippen molar-refractivity contribution in [2.45, 2.75) is 45.1 Å². The van der Waals surface area contributed by atoms with Gasteiger partial charge in [-0.1, -0.05) is 19.3 Å². The second-order valence-electron chi connectivity index (χ2n) is 5.64. The van der Waals surface area contributed by atoms with Gasteiger partial charge in [0.1, 0.15) is 5.69 Å². The largest absolute Gasteiger partial charge is 0.372 e. The van der Waals surface area contributed by atoms with Gasteiger partial charge in [0.2, 0.25) is 0 Å². The number of nitrogens with zero attached hydrogens (tertiary/aromatic N) is 3. The van der Waals surface area contributed by atoms with E-state index < -0.39 is 0 Å². The monoisotopic (exact) mass is 265 g/mol. The van der Waals surface area contributed by atoms with E-state index in [0.717, 1.165) is 31.4 Å². The molecular weight excluding hydrogens is 242 g/mol. The van der Waals surface area contributed by atoms with Crippen molar-refractivity contribution in [3.05, 3.63) is 26.5 Å². The van der Waals surface area contributed by atoms with Gasteiger partial charge in [0, 0.05) is 32.9 Å². The van der Waals surface area contributed by atoms with Gasteiger partial charge in [-0.15, -0.1) is 0 Å². The second-order valence-corrected chi connectivity index (χ2v) is 5.64. The summed E-state index contributed by atoms with van der Waals surface area (Å²) < 4.78 is 3.06. The highest BCUT2D eigenvalue weighted by Crippen LogP contribution is 2.28. The lowest BCUT2D eigenvalue weighted by atomic mass is 9.95. The van der Waals surface area contributed by atoms with Crippen LogP contribution in [0.1, 0.15) is 43.8 Å². The first kappa shape index (κ1) is 13.9. The minimum atomic E-state index is -0.209. The van der Waals surface area contributed by atoms with Crippen LogP contribution in [0.2, 0.25) is 0 Å². The van der Waals surface area contributed by atoms with Gasteiger partial charge in [-0.05, 0) is 19.8 Å². The smallest absolute Gasteiger partial charge is 0.331 e. The molecule has 1 aliphatic carbocycles. The molecular formula is C14H23N3O2. The number of hydrogen-bond donors (Lipinski definition) is 0. The maximum atomic E-state index is 12.4. The maximum Gasteiger partial charge on any atom is 0.331 e. The average molecular weight is 265 g/mol. The van der Waals surface area contributed by atoms with Crippen LogP contribution in [0.5, 0.6) is 0 Å². The zero-order chi connectivity index (χ0) is 14.2. The summed E-state index contributed by atoms with van der Waals surface area (Å²) in [4.78, 5) is 26.4. The van der Waals surface area contributed by atoms with E-state index in [-0.39, 0.29) is 17.3 Å². The van der Waals surface area contributed by atoms with Gasteiger partial charge in [-0.3, -0.25) is 13.9 Å². The molecule has 106 valence electrons. The zero-order valence-corrected chi connectivity index (χ0v) is 12.3. The molecule has 0 aliphatic heterocycles. The Morgan fingerprint density at radius 2 is 1.68 bits per heavy atom. The molecule has 0 spiro atoms. The summed E-state index contributed by atoms with van der Waals surface area (Å²) in [6, 6.07) is 0.242. The Morgan fingerprint density at radius 1 is 1.11 bits per heavy atom. The van der Waals surface area contributed by atoms with Crippen molar-refractivity contribution in [3.8, 4) is 0 Å². The molecule has 1 aromatic heterocycles. The second kappa shape index (κ2) is 5.23. The van der Waals surface area contributed by atoms with Crippen LogP contribution < -0.4 is 16.1 Å². The lowest BCUT2D eigenvalue weighted by Gasteiger charge is -2.28. The van der Waals surface area contributed by atoms with E-state index in [4.69, 9.17) is 0 Å². The summed E-state index contributed by atoms with van der Waals surface area (Å²) in [5.41, 5.74) is 1.03. The van der Waals surface area contributed by atoms with Gasteiger partial charge in [-0.2, -0.15) is 0 Å². The summed E-state index contributed by atoms with van der Waals surface area (Å²) in [7, 11) is 5.26. The van der Waals surface area contributed by atoms with Crippen molar-refractivity contribution in [2.75, 3.05) is 19.0 Å². The summed E-state index contributed by atoms with van der Waals surface area (Å²) >= 11 is 0. The average Bonchev–Trinajstić information content (AvgIpc) is 2.37. The van der Waals surface area contributed by atoms with Crippen LogP contribution in [0.3, 0.4) is 0 Å². The quantitative estimate of drug-likeness (QED) is 0.812. The Labute approximate surface area is 113 Å². The van der Waals surface area contributed by atoms with E-state index in [1.165, 1.54) is 11.0 Å². The minimum absolute atomic E-state index is 0.181. The standard InChI is InChI=1S/C14H23N3O2/c1-10-12(15(2)3)13(18)16(4)14(19)17(10)11-8-6-5-7-9-11/h11H,5-9H2,1-4H3. The van der Waals surface area contributed by atoms with Crippen LogP contribution in [0.4, 0.5) is 5.69 Å². The Kier molecular flexibility index (Phi) is 3.83. The molecule has 0 N–H and O–H groups in total. The number of aromatic nitrogens is 2. The third-order valence-corrected chi connectivity index (χ3v) is 4.09. The highest BCUT2D eigenvalue weighted by atomic mass is 16.2. The molecule has 0 bridgehead atoms. The molecule has 5 nitrogen and oxygen atoms in total. The van der Waals surface area contributed by atoms with Crippen molar-refractivity contribution in [1.29, 1.82) is 0 Å². The minimum Gasteiger partial charge on any atom is -0.372 e. The molecule has 0 saturated heterocycles. The van der Waals surface area contributed by atoms with Crippen LogP contribution in [-0.4, -0.2) is 23.2 Å². The zero-order valence-electron chi connectivity index (χ0n) is 12.3. The lowest BCUT2D eigenvalue weighted by molar-refractivity contribution is 0.332. The summed E-state index contributed by atoms with van der Waals surface area (Å²) in [5, 5.41) is 0. The van der Waals surface area contributed by atoms with Gasteiger partial charge >= 0.3 is 5.69 Å².